The number of rotatable bonds is 6. The zero-order chi connectivity index (χ0) is 21.0. The molecule has 1 N–H and O–H groups in total. The zero-order valence-electron chi connectivity index (χ0n) is 14.6. The molecule has 3 aromatic carbocycles. The van der Waals surface area contributed by atoms with Crippen molar-refractivity contribution in [1.29, 1.82) is 0 Å². The summed E-state index contributed by atoms with van der Waals surface area (Å²) in [6, 6.07) is 14.9. The van der Waals surface area contributed by atoms with Gasteiger partial charge in [0, 0.05) is 17.3 Å². The Labute approximate surface area is 164 Å². The molecule has 0 bridgehead atoms. The van der Waals surface area contributed by atoms with Gasteiger partial charge in [-0.05, 0) is 48.5 Å². The molecular weight excluding hydrogens is 403 g/mol. The van der Waals surface area contributed by atoms with Crippen molar-refractivity contribution < 1.29 is 26.7 Å². The first-order chi connectivity index (χ1) is 13.7. The average molecular weight is 416 g/mol. The van der Waals surface area contributed by atoms with Gasteiger partial charge in [-0.1, -0.05) is 12.1 Å². The first-order valence-electron chi connectivity index (χ1n) is 8.10. The van der Waals surface area contributed by atoms with Crippen molar-refractivity contribution in [2.24, 2.45) is 0 Å². The van der Waals surface area contributed by atoms with Crippen LogP contribution in [0.1, 0.15) is 10.4 Å². The molecule has 148 valence electrons. The second kappa shape index (κ2) is 8.07. The molecule has 3 aromatic rings. The fourth-order valence-corrected chi connectivity index (χ4v) is 3.28. The molecule has 0 aliphatic rings. The van der Waals surface area contributed by atoms with Crippen LogP contribution in [0.5, 0.6) is 5.75 Å². The quantitative estimate of drug-likeness (QED) is 0.372. The van der Waals surface area contributed by atoms with Gasteiger partial charge in [-0.3, -0.25) is 14.9 Å². The van der Waals surface area contributed by atoms with Crippen molar-refractivity contribution in [3.05, 3.63) is 94.3 Å². The van der Waals surface area contributed by atoms with Gasteiger partial charge in [0.2, 0.25) is 0 Å². The maximum Gasteiger partial charge on any atom is 0.339 e. The fourth-order valence-electron chi connectivity index (χ4n) is 2.36. The number of non-ortho nitro benzene ring substituents is 1. The molecule has 0 saturated carbocycles. The molecular formula is C19H13FN2O6S. The van der Waals surface area contributed by atoms with E-state index >= 15 is 0 Å². The minimum absolute atomic E-state index is 0.107. The summed E-state index contributed by atoms with van der Waals surface area (Å²) < 4.78 is 42.8. The van der Waals surface area contributed by atoms with Gasteiger partial charge in [0.1, 0.15) is 16.5 Å². The summed E-state index contributed by atoms with van der Waals surface area (Å²) in [4.78, 5) is 22.0. The van der Waals surface area contributed by atoms with Crippen LogP contribution in [0.2, 0.25) is 0 Å². The Hall–Kier alpha value is -3.79. The summed E-state index contributed by atoms with van der Waals surface area (Å²) >= 11 is 0. The lowest BCUT2D eigenvalue weighted by Crippen LogP contribution is -2.13. The molecule has 3 rings (SSSR count). The molecule has 0 aromatic heterocycles. The molecule has 0 heterocycles. The molecule has 1 amide bonds. The van der Waals surface area contributed by atoms with Crippen LogP contribution in [-0.2, 0) is 10.1 Å². The van der Waals surface area contributed by atoms with E-state index in [0.717, 1.165) is 12.1 Å². The van der Waals surface area contributed by atoms with Crippen molar-refractivity contribution in [1.82, 2.24) is 0 Å². The molecule has 0 aliphatic carbocycles. The highest BCUT2D eigenvalue weighted by Crippen LogP contribution is 2.24. The Morgan fingerprint density at radius 1 is 1.00 bits per heavy atom. The Kier molecular flexibility index (Phi) is 5.55. The number of nitro groups is 1. The molecule has 0 atom stereocenters. The Balaban J connectivity index is 1.74. The van der Waals surface area contributed by atoms with E-state index in [2.05, 4.69) is 5.32 Å². The van der Waals surface area contributed by atoms with Crippen LogP contribution in [-0.4, -0.2) is 19.2 Å². The molecule has 0 fully saturated rings. The maximum atomic E-state index is 13.2. The smallest absolute Gasteiger partial charge is 0.339 e. The van der Waals surface area contributed by atoms with Crippen molar-refractivity contribution in [2.75, 3.05) is 5.32 Å². The number of hydrogen-bond acceptors (Lipinski definition) is 6. The Morgan fingerprint density at radius 2 is 1.69 bits per heavy atom. The number of nitro benzene ring substituents is 1. The van der Waals surface area contributed by atoms with E-state index in [4.69, 9.17) is 4.18 Å². The van der Waals surface area contributed by atoms with Gasteiger partial charge in [0.05, 0.1) is 11.0 Å². The SMILES string of the molecule is O=C(Nc1ccc(S(=O)(=O)Oc2cccc([N+](=O)[O-])c2)cc1)c1cccc(F)c1. The Bertz CT molecular complexity index is 1180. The number of carbonyl (C=O) groups excluding carboxylic acids is 1. The minimum atomic E-state index is -4.24. The number of benzene rings is 3. The zero-order valence-corrected chi connectivity index (χ0v) is 15.4. The van der Waals surface area contributed by atoms with Gasteiger partial charge >= 0.3 is 10.1 Å². The largest absolute Gasteiger partial charge is 0.379 e. The van der Waals surface area contributed by atoms with E-state index in [0.29, 0.717) is 0 Å². The van der Waals surface area contributed by atoms with E-state index in [1.54, 1.807) is 0 Å². The third-order valence-corrected chi connectivity index (χ3v) is 4.98. The minimum Gasteiger partial charge on any atom is -0.379 e. The van der Waals surface area contributed by atoms with Crippen LogP contribution in [0.15, 0.2) is 77.7 Å². The highest BCUT2D eigenvalue weighted by Gasteiger charge is 2.18. The second-order valence-corrected chi connectivity index (χ2v) is 7.33. The summed E-state index contributed by atoms with van der Waals surface area (Å²) in [6.45, 7) is 0. The van der Waals surface area contributed by atoms with Gasteiger partial charge in [-0.25, -0.2) is 4.39 Å². The molecule has 29 heavy (non-hydrogen) atoms. The lowest BCUT2D eigenvalue weighted by Gasteiger charge is -2.09. The normalized spacial score (nSPS) is 10.9. The van der Waals surface area contributed by atoms with E-state index in [1.807, 2.05) is 0 Å². The van der Waals surface area contributed by atoms with Crippen LogP contribution in [0, 0.1) is 15.9 Å². The number of nitrogens with one attached hydrogen (secondary N) is 1. The van der Waals surface area contributed by atoms with Crippen molar-refractivity contribution in [3.63, 3.8) is 0 Å². The predicted octanol–water partition coefficient (Wildman–Crippen LogP) is 3.75. The van der Waals surface area contributed by atoms with Gasteiger partial charge in [-0.2, -0.15) is 8.42 Å². The third-order valence-electron chi connectivity index (χ3n) is 3.72. The summed E-state index contributed by atoms with van der Waals surface area (Å²) in [5.41, 5.74) is 0.0809. The summed E-state index contributed by atoms with van der Waals surface area (Å²) in [6.07, 6.45) is 0. The van der Waals surface area contributed by atoms with Crippen LogP contribution in [0.25, 0.3) is 0 Å². The molecule has 10 heteroatoms. The Morgan fingerprint density at radius 3 is 2.34 bits per heavy atom. The number of hydrogen-bond donors (Lipinski definition) is 1. The molecule has 0 radical (unpaired) electrons. The summed E-state index contributed by atoms with van der Waals surface area (Å²) in [5, 5.41) is 13.3. The van der Waals surface area contributed by atoms with Gasteiger partial charge in [0.15, 0.2) is 0 Å². The summed E-state index contributed by atoms with van der Waals surface area (Å²) in [5.74, 6) is -1.33. The molecule has 0 spiro atoms. The van der Waals surface area contributed by atoms with Crippen LogP contribution >= 0.6 is 0 Å². The van der Waals surface area contributed by atoms with Gasteiger partial charge < -0.3 is 9.50 Å². The highest BCUT2D eigenvalue weighted by molar-refractivity contribution is 7.87. The molecule has 0 aliphatic heterocycles. The monoisotopic (exact) mass is 416 g/mol. The standard InChI is InChI=1S/C19H13FN2O6S/c20-14-4-1-3-13(11-14)19(23)21-15-7-9-18(10-8-15)29(26,27)28-17-6-2-5-16(12-17)22(24)25/h1-12H,(H,21,23). The third kappa shape index (κ3) is 4.93. The van der Waals surface area contributed by atoms with E-state index < -0.39 is 26.8 Å². The lowest BCUT2D eigenvalue weighted by molar-refractivity contribution is -0.384. The maximum absolute atomic E-state index is 13.2. The number of halogens is 1. The van der Waals surface area contributed by atoms with Crippen LogP contribution in [0.4, 0.5) is 15.8 Å². The van der Waals surface area contributed by atoms with Crippen LogP contribution < -0.4 is 9.50 Å². The highest BCUT2D eigenvalue weighted by atomic mass is 32.2. The van der Waals surface area contributed by atoms with Gasteiger partial charge in [0.25, 0.3) is 11.6 Å². The average Bonchev–Trinajstić information content (AvgIpc) is 2.68. The predicted molar refractivity (Wildman–Crippen MR) is 102 cm³/mol. The second-order valence-electron chi connectivity index (χ2n) is 5.78. The van der Waals surface area contributed by atoms with Crippen molar-refractivity contribution in [2.45, 2.75) is 4.90 Å². The van der Waals surface area contributed by atoms with Gasteiger partial charge in [-0.15, -0.1) is 0 Å². The molecule has 0 unspecified atom stereocenters. The number of amides is 1. The van der Waals surface area contributed by atoms with E-state index in [-0.39, 0.29) is 27.6 Å². The fraction of sp³-hybridized carbons (Fsp3) is 0. The first kappa shape index (κ1) is 20.0. The van der Waals surface area contributed by atoms with E-state index in [1.165, 1.54) is 60.7 Å². The van der Waals surface area contributed by atoms with Crippen molar-refractivity contribution in [3.8, 4) is 5.75 Å². The number of carbonyl (C=O) groups is 1. The lowest BCUT2D eigenvalue weighted by atomic mass is 10.2. The van der Waals surface area contributed by atoms with Crippen LogP contribution in [0.3, 0.4) is 0 Å². The molecule has 0 saturated heterocycles. The number of nitrogens with zero attached hydrogens (tertiary/aromatic N) is 1. The van der Waals surface area contributed by atoms with Crippen molar-refractivity contribution >= 4 is 27.4 Å². The topological polar surface area (TPSA) is 116 Å². The molecule has 8 nitrogen and oxygen atoms in total. The van der Waals surface area contributed by atoms with E-state index in [9.17, 15) is 27.7 Å². The number of anilines is 1. The first-order valence-corrected chi connectivity index (χ1v) is 9.51. The summed E-state index contributed by atoms with van der Waals surface area (Å²) in [7, 11) is -4.24.